The lowest BCUT2D eigenvalue weighted by molar-refractivity contribution is -0.126. The van der Waals surface area contributed by atoms with Gasteiger partial charge in [-0.3, -0.25) is 9.59 Å². The SMILES string of the molecule is CCCCC1CCC(C(=O)NCC#Cc2ccc(N3CCCCC3=O)cc2)CC1. The van der Waals surface area contributed by atoms with Gasteiger partial charge in [-0.05, 0) is 68.7 Å². The molecule has 0 unspecified atom stereocenters. The third kappa shape index (κ3) is 6.35. The predicted molar refractivity (Wildman–Crippen MR) is 118 cm³/mol. The van der Waals surface area contributed by atoms with E-state index in [-0.39, 0.29) is 17.7 Å². The summed E-state index contributed by atoms with van der Waals surface area (Å²) in [4.78, 5) is 26.2. The van der Waals surface area contributed by atoms with Crippen LogP contribution in [0.4, 0.5) is 5.69 Å². The first-order chi connectivity index (χ1) is 14.2. The Balaban J connectivity index is 1.41. The fraction of sp³-hybridized carbons (Fsp3) is 0.600. The summed E-state index contributed by atoms with van der Waals surface area (Å²) in [5.74, 6) is 7.51. The molecule has 0 aromatic heterocycles. The Morgan fingerprint density at radius 1 is 1.14 bits per heavy atom. The van der Waals surface area contributed by atoms with E-state index in [1.165, 1.54) is 32.1 Å². The van der Waals surface area contributed by atoms with E-state index in [9.17, 15) is 9.59 Å². The van der Waals surface area contributed by atoms with Crippen molar-refractivity contribution in [2.24, 2.45) is 11.8 Å². The molecular formula is C25H34N2O2. The molecule has 156 valence electrons. The van der Waals surface area contributed by atoms with E-state index in [1.54, 1.807) is 0 Å². The van der Waals surface area contributed by atoms with Crippen molar-refractivity contribution >= 4 is 17.5 Å². The van der Waals surface area contributed by atoms with Crippen molar-refractivity contribution in [2.45, 2.75) is 71.1 Å². The molecule has 1 aromatic carbocycles. The number of unbranched alkanes of at least 4 members (excludes halogenated alkanes) is 1. The number of amides is 2. The first kappa shape index (κ1) is 21.4. The van der Waals surface area contributed by atoms with Crippen molar-refractivity contribution in [1.29, 1.82) is 0 Å². The third-order valence-electron chi connectivity index (χ3n) is 6.27. The number of rotatable bonds is 6. The van der Waals surface area contributed by atoms with Gasteiger partial charge in [0, 0.05) is 30.1 Å². The number of carbonyl (C=O) groups is 2. The van der Waals surface area contributed by atoms with Gasteiger partial charge in [-0.1, -0.05) is 38.0 Å². The Bertz CT molecular complexity index is 736. The quantitative estimate of drug-likeness (QED) is 0.713. The average Bonchev–Trinajstić information content (AvgIpc) is 2.76. The Kier molecular flexibility index (Phi) is 8.16. The Hall–Kier alpha value is -2.28. The van der Waals surface area contributed by atoms with E-state index < -0.39 is 0 Å². The summed E-state index contributed by atoms with van der Waals surface area (Å²) >= 11 is 0. The van der Waals surface area contributed by atoms with Crippen LogP contribution in [0, 0.1) is 23.7 Å². The van der Waals surface area contributed by atoms with Crippen molar-refractivity contribution in [3.05, 3.63) is 29.8 Å². The minimum Gasteiger partial charge on any atom is -0.345 e. The number of nitrogens with one attached hydrogen (secondary N) is 1. The van der Waals surface area contributed by atoms with E-state index >= 15 is 0 Å². The molecule has 1 heterocycles. The van der Waals surface area contributed by atoms with Gasteiger partial charge in [-0.15, -0.1) is 0 Å². The highest BCUT2D eigenvalue weighted by Gasteiger charge is 2.25. The van der Waals surface area contributed by atoms with Gasteiger partial charge in [-0.2, -0.15) is 0 Å². The summed E-state index contributed by atoms with van der Waals surface area (Å²) in [5, 5.41) is 2.98. The van der Waals surface area contributed by atoms with Crippen molar-refractivity contribution in [2.75, 3.05) is 18.0 Å². The monoisotopic (exact) mass is 394 g/mol. The molecule has 2 amide bonds. The summed E-state index contributed by atoms with van der Waals surface area (Å²) < 4.78 is 0. The number of hydrogen-bond donors (Lipinski definition) is 1. The van der Waals surface area contributed by atoms with Gasteiger partial charge < -0.3 is 10.2 Å². The smallest absolute Gasteiger partial charge is 0.226 e. The van der Waals surface area contributed by atoms with Crippen molar-refractivity contribution in [1.82, 2.24) is 5.32 Å². The molecule has 1 N–H and O–H groups in total. The number of benzene rings is 1. The zero-order chi connectivity index (χ0) is 20.5. The molecular weight excluding hydrogens is 360 g/mol. The average molecular weight is 395 g/mol. The molecule has 4 nitrogen and oxygen atoms in total. The zero-order valence-corrected chi connectivity index (χ0v) is 17.7. The van der Waals surface area contributed by atoms with E-state index in [2.05, 4.69) is 24.1 Å². The van der Waals surface area contributed by atoms with E-state index in [0.717, 1.165) is 49.4 Å². The normalized spacial score (nSPS) is 22.0. The summed E-state index contributed by atoms with van der Waals surface area (Å²) in [6.07, 6.45) is 11.0. The minimum atomic E-state index is 0.159. The van der Waals surface area contributed by atoms with Crippen molar-refractivity contribution in [3.8, 4) is 11.8 Å². The Labute approximate surface area is 175 Å². The fourth-order valence-corrected chi connectivity index (χ4v) is 4.43. The predicted octanol–water partition coefficient (Wildman–Crippen LogP) is 4.67. The van der Waals surface area contributed by atoms with Crippen LogP contribution in [0.15, 0.2) is 24.3 Å². The van der Waals surface area contributed by atoms with Gasteiger partial charge in [0.25, 0.3) is 0 Å². The molecule has 1 aromatic rings. The number of nitrogens with zero attached hydrogens (tertiary/aromatic N) is 1. The first-order valence-electron chi connectivity index (χ1n) is 11.3. The van der Waals surface area contributed by atoms with E-state index in [1.807, 2.05) is 29.2 Å². The second-order valence-electron chi connectivity index (χ2n) is 8.43. The van der Waals surface area contributed by atoms with Gasteiger partial charge in [0.2, 0.25) is 11.8 Å². The highest BCUT2D eigenvalue weighted by atomic mass is 16.2. The van der Waals surface area contributed by atoms with Gasteiger partial charge in [0.1, 0.15) is 0 Å². The van der Waals surface area contributed by atoms with Crippen LogP contribution in [0.5, 0.6) is 0 Å². The van der Waals surface area contributed by atoms with E-state index in [0.29, 0.717) is 13.0 Å². The lowest BCUT2D eigenvalue weighted by atomic mass is 9.79. The highest BCUT2D eigenvalue weighted by Crippen LogP contribution is 2.31. The molecule has 2 aliphatic rings. The van der Waals surface area contributed by atoms with Gasteiger partial charge >= 0.3 is 0 Å². The Morgan fingerprint density at radius 3 is 2.59 bits per heavy atom. The molecule has 29 heavy (non-hydrogen) atoms. The summed E-state index contributed by atoms with van der Waals surface area (Å²) in [6, 6.07) is 7.82. The first-order valence-corrected chi connectivity index (χ1v) is 11.3. The van der Waals surface area contributed by atoms with Crippen LogP contribution in [0.2, 0.25) is 0 Å². The lowest BCUT2D eigenvalue weighted by Crippen LogP contribution is -2.35. The summed E-state index contributed by atoms with van der Waals surface area (Å²) in [6.45, 7) is 3.43. The molecule has 0 spiro atoms. The lowest BCUT2D eigenvalue weighted by Gasteiger charge is -2.27. The summed E-state index contributed by atoms with van der Waals surface area (Å²) in [7, 11) is 0. The standard InChI is InChI=1S/C25H34N2O2/c1-2-3-7-20-10-14-22(15-11-20)25(29)26-18-6-8-21-12-16-23(17-13-21)27-19-5-4-9-24(27)28/h12-13,16-17,20,22H,2-5,7,9-11,14-15,18-19H2,1H3,(H,26,29). The van der Waals surface area contributed by atoms with Gasteiger partial charge in [0.05, 0.1) is 6.54 Å². The third-order valence-corrected chi connectivity index (χ3v) is 6.27. The van der Waals surface area contributed by atoms with Crippen LogP contribution in [-0.2, 0) is 9.59 Å². The van der Waals surface area contributed by atoms with Crippen LogP contribution in [0.3, 0.4) is 0 Å². The van der Waals surface area contributed by atoms with Crippen LogP contribution in [-0.4, -0.2) is 24.9 Å². The molecule has 0 atom stereocenters. The maximum Gasteiger partial charge on any atom is 0.226 e. The largest absolute Gasteiger partial charge is 0.345 e. The second kappa shape index (κ2) is 11.0. The maximum atomic E-state index is 12.4. The molecule has 4 heteroatoms. The molecule has 1 saturated carbocycles. The zero-order valence-electron chi connectivity index (χ0n) is 17.7. The number of hydrogen-bond acceptors (Lipinski definition) is 2. The molecule has 1 aliphatic heterocycles. The molecule has 1 saturated heterocycles. The van der Waals surface area contributed by atoms with Crippen LogP contribution in [0.25, 0.3) is 0 Å². The highest BCUT2D eigenvalue weighted by molar-refractivity contribution is 5.94. The van der Waals surface area contributed by atoms with E-state index in [4.69, 9.17) is 0 Å². The number of carbonyl (C=O) groups excluding carboxylic acids is 2. The van der Waals surface area contributed by atoms with Gasteiger partial charge in [-0.25, -0.2) is 0 Å². The van der Waals surface area contributed by atoms with Gasteiger partial charge in [0.15, 0.2) is 0 Å². The van der Waals surface area contributed by atoms with Crippen molar-refractivity contribution < 1.29 is 9.59 Å². The molecule has 2 fully saturated rings. The second-order valence-corrected chi connectivity index (χ2v) is 8.43. The minimum absolute atomic E-state index is 0.159. The molecule has 1 aliphatic carbocycles. The molecule has 3 rings (SSSR count). The van der Waals surface area contributed by atoms with Crippen LogP contribution in [0.1, 0.15) is 76.7 Å². The maximum absolute atomic E-state index is 12.4. The summed E-state index contributed by atoms with van der Waals surface area (Å²) in [5.41, 5.74) is 1.85. The number of piperidine rings is 1. The van der Waals surface area contributed by atoms with Crippen LogP contribution < -0.4 is 10.2 Å². The van der Waals surface area contributed by atoms with Crippen molar-refractivity contribution in [3.63, 3.8) is 0 Å². The topological polar surface area (TPSA) is 49.4 Å². The van der Waals surface area contributed by atoms with Crippen LogP contribution >= 0.6 is 0 Å². The molecule has 0 bridgehead atoms. The molecule has 0 radical (unpaired) electrons. The number of anilines is 1. The Morgan fingerprint density at radius 2 is 1.90 bits per heavy atom. The fourth-order valence-electron chi connectivity index (χ4n) is 4.43.